The van der Waals surface area contributed by atoms with Crippen LogP contribution in [0.3, 0.4) is 0 Å². The molecule has 0 aromatic heterocycles. The molecule has 2 aromatic rings. The topological polar surface area (TPSA) is 67.9 Å². The van der Waals surface area contributed by atoms with Crippen molar-refractivity contribution in [2.75, 3.05) is 25.5 Å². The van der Waals surface area contributed by atoms with E-state index in [9.17, 15) is 18.4 Å². The molecule has 1 aliphatic heterocycles. The van der Waals surface area contributed by atoms with Crippen LogP contribution in [0.4, 0.5) is 14.5 Å². The largest absolute Gasteiger partial charge is 0.493 e. The summed E-state index contributed by atoms with van der Waals surface area (Å²) in [6, 6.07) is 14.0. The number of rotatable bonds is 8. The van der Waals surface area contributed by atoms with Gasteiger partial charge in [-0.05, 0) is 24.1 Å². The smallest absolute Gasteiger partial charge is 0.387 e. The van der Waals surface area contributed by atoms with Crippen LogP contribution < -0.4 is 14.8 Å². The Labute approximate surface area is 167 Å². The molecule has 1 fully saturated rings. The number of alkyl halides is 2. The van der Waals surface area contributed by atoms with E-state index in [-0.39, 0.29) is 29.7 Å². The zero-order valence-electron chi connectivity index (χ0n) is 15.9. The van der Waals surface area contributed by atoms with E-state index in [2.05, 4.69) is 10.1 Å². The number of ether oxygens (including phenoxy) is 2. The number of carbonyl (C=O) groups is 2. The molecule has 1 N–H and O–H groups in total. The van der Waals surface area contributed by atoms with Gasteiger partial charge in [0.25, 0.3) is 0 Å². The van der Waals surface area contributed by atoms with E-state index >= 15 is 0 Å². The Morgan fingerprint density at radius 2 is 1.97 bits per heavy atom. The Kier molecular flexibility index (Phi) is 6.64. The lowest BCUT2D eigenvalue weighted by atomic mass is 10.1. The number of hydrogen-bond donors (Lipinski definition) is 1. The number of likely N-dealkylation sites (tertiary alicyclic amines) is 1. The van der Waals surface area contributed by atoms with Gasteiger partial charge in [0.15, 0.2) is 11.5 Å². The molecule has 0 spiro atoms. The lowest BCUT2D eigenvalue weighted by molar-refractivity contribution is -0.128. The summed E-state index contributed by atoms with van der Waals surface area (Å²) in [4.78, 5) is 26.5. The van der Waals surface area contributed by atoms with Gasteiger partial charge in [-0.15, -0.1) is 0 Å². The van der Waals surface area contributed by atoms with Crippen LogP contribution in [-0.2, 0) is 16.0 Å². The minimum absolute atomic E-state index is 0.0717. The SMILES string of the molecule is COc1ccc(NC(=O)C2CC(=O)N(CCc3ccccc3)C2)cc1OC(F)F. The van der Waals surface area contributed by atoms with Crippen molar-refractivity contribution in [3.05, 3.63) is 54.1 Å². The van der Waals surface area contributed by atoms with Gasteiger partial charge in [-0.25, -0.2) is 0 Å². The highest BCUT2D eigenvalue weighted by Crippen LogP contribution is 2.32. The Bertz CT molecular complexity index is 861. The minimum Gasteiger partial charge on any atom is -0.493 e. The number of hydrogen-bond acceptors (Lipinski definition) is 4. The summed E-state index contributed by atoms with van der Waals surface area (Å²) < 4.78 is 34.5. The van der Waals surface area contributed by atoms with E-state index < -0.39 is 12.5 Å². The molecule has 1 atom stereocenters. The predicted molar refractivity (Wildman–Crippen MR) is 103 cm³/mol. The second kappa shape index (κ2) is 9.36. The number of nitrogens with one attached hydrogen (secondary N) is 1. The quantitative estimate of drug-likeness (QED) is 0.733. The molecule has 154 valence electrons. The van der Waals surface area contributed by atoms with E-state index in [0.717, 1.165) is 5.56 Å². The Balaban J connectivity index is 1.59. The van der Waals surface area contributed by atoms with Crippen LogP contribution in [0.1, 0.15) is 12.0 Å². The van der Waals surface area contributed by atoms with E-state index in [4.69, 9.17) is 4.74 Å². The fourth-order valence-corrected chi connectivity index (χ4v) is 3.26. The molecular formula is C21H22F2N2O4. The van der Waals surface area contributed by atoms with Crippen molar-refractivity contribution in [1.82, 2.24) is 4.90 Å². The number of carbonyl (C=O) groups excluding carboxylic acids is 2. The summed E-state index contributed by atoms with van der Waals surface area (Å²) in [5, 5.41) is 2.67. The number of halogens is 2. The predicted octanol–water partition coefficient (Wildman–Crippen LogP) is 3.33. The number of benzene rings is 2. The average molecular weight is 404 g/mol. The maximum atomic E-state index is 12.6. The van der Waals surface area contributed by atoms with Gasteiger partial charge in [0.1, 0.15) is 0 Å². The third-order valence-electron chi connectivity index (χ3n) is 4.75. The van der Waals surface area contributed by atoms with Gasteiger partial charge in [-0.2, -0.15) is 8.78 Å². The van der Waals surface area contributed by atoms with E-state index in [1.54, 1.807) is 4.90 Å². The number of nitrogens with zero attached hydrogens (tertiary/aromatic N) is 1. The molecule has 29 heavy (non-hydrogen) atoms. The molecular weight excluding hydrogens is 382 g/mol. The fourth-order valence-electron chi connectivity index (χ4n) is 3.26. The molecule has 0 radical (unpaired) electrons. The third kappa shape index (κ3) is 5.43. The minimum atomic E-state index is -3.01. The summed E-state index contributed by atoms with van der Waals surface area (Å²) in [5.41, 5.74) is 1.42. The van der Waals surface area contributed by atoms with Crippen LogP contribution in [0.2, 0.25) is 0 Å². The van der Waals surface area contributed by atoms with Crippen LogP contribution in [0.5, 0.6) is 11.5 Å². The van der Waals surface area contributed by atoms with Crippen LogP contribution >= 0.6 is 0 Å². The summed E-state index contributed by atoms with van der Waals surface area (Å²) in [5.74, 6) is -0.954. The van der Waals surface area contributed by atoms with Gasteiger partial charge in [0, 0.05) is 31.3 Å². The maximum absolute atomic E-state index is 12.6. The van der Waals surface area contributed by atoms with Gasteiger partial charge < -0.3 is 19.7 Å². The lowest BCUT2D eigenvalue weighted by Crippen LogP contribution is -2.30. The highest BCUT2D eigenvalue weighted by atomic mass is 19.3. The molecule has 1 saturated heterocycles. The van der Waals surface area contributed by atoms with Crippen LogP contribution in [-0.4, -0.2) is 43.5 Å². The fraction of sp³-hybridized carbons (Fsp3) is 0.333. The molecule has 2 aromatic carbocycles. The molecule has 0 saturated carbocycles. The highest BCUT2D eigenvalue weighted by molar-refractivity contribution is 5.97. The second-order valence-corrected chi connectivity index (χ2v) is 6.71. The average Bonchev–Trinajstić information content (AvgIpc) is 3.08. The standard InChI is InChI=1S/C21H22F2N2O4/c1-28-17-8-7-16(12-18(17)29-21(22)23)24-20(27)15-11-19(26)25(13-15)10-9-14-5-3-2-4-6-14/h2-8,12,15,21H,9-11,13H2,1H3,(H,24,27). The first kappa shape index (κ1) is 20.6. The van der Waals surface area contributed by atoms with Crippen molar-refractivity contribution in [2.24, 2.45) is 5.92 Å². The van der Waals surface area contributed by atoms with E-state index in [1.165, 1.54) is 25.3 Å². The lowest BCUT2D eigenvalue weighted by Gasteiger charge is -2.17. The first-order valence-corrected chi connectivity index (χ1v) is 9.21. The van der Waals surface area contributed by atoms with Crippen molar-refractivity contribution in [2.45, 2.75) is 19.5 Å². The third-order valence-corrected chi connectivity index (χ3v) is 4.75. The van der Waals surface area contributed by atoms with Crippen molar-refractivity contribution >= 4 is 17.5 Å². The summed E-state index contributed by atoms with van der Waals surface area (Å²) in [6.45, 7) is -2.14. The number of anilines is 1. The zero-order valence-corrected chi connectivity index (χ0v) is 15.9. The van der Waals surface area contributed by atoms with Gasteiger partial charge >= 0.3 is 6.61 Å². The molecule has 6 nitrogen and oxygen atoms in total. The van der Waals surface area contributed by atoms with E-state index in [0.29, 0.717) is 25.2 Å². The summed E-state index contributed by atoms with van der Waals surface area (Å²) in [7, 11) is 1.33. The first-order valence-electron chi connectivity index (χ1n) is 9.21. The zero-order chi connectivity index (χ0) is 20.8. The molecule has 1 heterocycles. The van der Waals surface area contributed by atoms with Gasteiger partial charge in [-0.1, -0.05) is 30.3 Å². The Hall–Kier alpha value is -3.16. The Morgan fingerprint density at radius 3 is 2.66 bits per heavy atom. The molecule has 2 amide bonds. The van der Waals surface area contributed by atoms with Crippen molar-refractivity contribution in [3.63, 3.8) is 0 Å². The monoisotopic (exact) mass is 404 g/mol. The van der Waals surface area contributed by atoms with Crippen LogP contribution in [0, 0.1) is 5.92 Å². The molecule has 1 aliphatic rings. The number of methoxy groups -OCH3 is 1. The van der Waals surface area contributed by atoms with Gasteiger partial charge in [0.2, 0.25) is 11.8 Å². The Morgan fingerprint density at radius 1 is 1.21 bits per heavy atom. The number of amides is 2. The second-order valence-electron chi connectivity index (χ2n) is 6.71. The van der Waals surface area contributed by atoms with Gasteiger partial charge in [0.05, 0.1) is 13.0 Å². The molecule has 0 aliphatic carbocycles. The molecule has 0 bridgehead atoms. The van der Waals surface area contributed by atoms with Crippen LogP contribution in [0.25, 0.3) is 0 Å². The van der Waals surface area contributed by atoms with Gasteiger partial charge in [-0.3, -0.25) is 9.59 Å². The summed E-state index contributed by atoms with van der Waals surface area (Å²) >= 11 is 0. The van der Waals surface area contributed by atoms with Crippen LogP contribution in [0.15, 0.2) is 48.5 Å². The van der Waals surface area contributed by atoms with Crippen molar-refractivity contribution in [3.8, 4) is 11.5 Å². The van der Waals surface area contributed by atoms with Crippen molar-refractivity contribution < 1.29 is 27.8 Å². The molecule has 1 unspecified atom stereocenters. The molecule has 8 heteroatoms. The molecule has 3 rings (SSSR count). The highest BCUT2D eigenvalue weighted by Gasteiger charge is 2.34. The maximum Gasteiger partial charge on any atom is 0.387 e. The van der Waals surface area contributed by atoms with Crippen molar-refractivity contribution in [1.29, 1.82) is 0 Å². The first-order chi connectivity index (χ1) is 14.0. The summed E-state index contributed by atoms with van der Waals surface area (Å²) in [6.07, 6.45) is 0.838. The van der Waals surface area contributed by atoms with E-state index in [1.807, 2.05) is 30.3 Å². The normalized spacial score (nSPS) is 16.2.